The summed E-state index contributed by atoms with van der Waals surface area (Å²) in [5.74, 6) is 1.57. The molecule has 2 unspecified atom stereocenters. The summed E-state index contributed by atoms with van der Waals surface area (Å²) in [6, 6.07) is 9.92. The van der Waals surface area contributed by atoms with E-state index in [4.69, 9.17) is 4.74 Å². The van der Waals surface area contributed by atoms with Crippen LogP contribution in [0.2, 0.25) is 0 Å². The minimum Gasteiger partial charge on any atom is -0.591 e. The Morgan fingerprint density at radius 3 is 2.50 bits per heavy atom. The van der Waals surface area contributed by atoms with Crippen molar-refractivity contribution in [1.82, 2.24) is 4.98 Å². The molecule has 1 aromatic heterocycles. The summed E-state index contributed by atoms with van der Waals surface area (Å²) >= 11 is -1.34. The maximum absolute atomic E-state index is 13.3. The van der Waals surface area contributed by atoms with Crippen molar-refractivity contribution in [3.05, 3.63) is 47.8 Å². The van der Waals surface area contributed by atoms with Crippen LogP contribution in [-0.2, 0) is 11.4 Å². The molecule has 148 valence electrons. The molecule has 0 bridgehead atoms. The molecule has 2 aromatic rings. The molecule has 4 atom stereocenters. The zero-order valence-corrected chi connectivity index (χ0v) is 17.2. The summed E-state index contributed by atoms with van der Waals surface area (Å²) < 4.78 is 35.5. The number of benzene rings is 1. The van der Waals surface area contributed by atoms with E-state index in [9.17, 15) is 8.94 Å². The van der Waals surface area contributed by atoms with Crippen LogP contribution in [0.25, 0.3) is 11.3 Å². The lowest BCUT2D eigenvalue weighted by Gasteiger charge is -2.17. The number of ether oxygens (including phenoxy) is 1. The predicted molar refractivity (Wildman–Crippen MR) is 110 cm³/mol. The van der Waals surface area contributed by atoms with Gasteiger partial charge in [-0.25, -0.2) is 9.37 Å². The van der Waals surface area contributed by atoms with Crippen LogP contribution in [-0.4, -0.2) is 26.6 Å². The largest absolute Gasteiger partial charge is 0.591 e. The van der Waals surface area contributed by atoms with E-state index in [0.29, 0.717) is 23.4 Å². The summed E-state index contributed by atoms with van der Waals surface area (Å²) in [5, 5.41) is 0. The van der Waals surface area contributed by atoms with E-state index in [0.717, 1.165) is 11.1 Å². The first-order valence-corrected chi connectivity index (χ1v) is 10.8. The number of hydrogen-bond donors (Lipinski definition) is 0. The molecule has 4 rings (SSSR count). The lowest BCUT2D eigenvalue weighted by Crippen LogP contribution is -2.25. The fourth-order valence-corrected chi connectivity index (χ4v) is 4.30. The van der Waals surface area contributed by atoms with Crippen LogP contribution in [0.5, 0.6) is 5.88 Å². The Morgan fingerprint density at radius 1 is 1.18 bits per heavy atom. The standard InChI is InChI=1S/C22H25FN2O2S/c1-22(2,3)28(26)24-13-14-11-19(15-7-9-16(23)10-8-15)25-20(12-14)27-21-17-5-4-6-18(17)21/h7-13,17-18,21H,4-6H2,1-3H3/t17-,18+,21?,28?. The van der Waals surface area contributed by atoms with E-state index in [1.165, 1.54) is 31.4 Å². The average molecular weight is 401 g/mol. The van der Waals surface area contributed by atoms with Gasteiger partial charge in [0.25, 0.3) is 0 Å². The molecule has 2 saturated carbocycles. The first-order valence-electron chi connectivity index (χ1n) is 9.72. The lowest BCUT2D eigenvalue weighted by atomic mass is 10.1. The van der Waals surface area contributed by atoms with E-state index in [-0.39, 0.29) is 11.9 Å². The van der Waals surface area contributed by atoms with E-state index < -0.39 is 16.1 Å². The second-order valence-corrected chi connectivity index (χ2v) is 10.5. The Hall–Kier alpha value is -1.92. The molecule has 28 heavy (non-hydrogen) atoms. The number of pyridine rings is 1. The third kappa shape index (κ3) is 4.23. The van der Waals surface area contributed by atoms with Gasteiger partial charge < -0.3 is 9.29 Å². The van der Waals surface area contributed by atoms with Crippen molar-refractivity contribution in [1.29, 1.82) is 0 Å². The molecule has 2 fully saturated rings. The third-order valence-electron chi connectivity index (χ3n) is 5.37. The van der Waals surface area contributed by atoms with Crippen LogP contribution >= 0.6 is 0 Å². The van der Waals surface area contributed by atoms with Crippen LogP contribution in [0.3, 0.4) is 0 Å². The number of nitrogens with zero attached hydrogens (tertiary/aromatic N) is 2. The van der Waals surface area contributed by atoms with Gasteiger partial charge >= 0.3 is 0 Å². The predicted octanol–water partition coefficient (Wildman–Crippen LogP) is 4.95. The highest BCUT2D eigenvalue weighted by atomic mass is 32.2. The van der Waals surface area contributed by atoms with Crippen molar-refractivity contribution in [2.24, 2.45) is 16.2 Å². The fourth-order valence-electron chi connectivity index (χ4n) is 3.77. The van der Waals surface area contributed by atoms with Gasteiger partial charge in [0.1, 0.15) is 28.0 Å². The van der Waals surface area contributed by atoms with Gasteiger partial charge in [0.15, 0.2) is 0 Å². The van der Waals surface area contributed by atoms with E-state index >= 15 is 0 Å². The molecule has 4 nitrogen and oxygen atoms in total. The molecule has 0 amide bonds. The highest BCUT2D eigenvalue weighted by Crippen LogP contribution is 2.53. The van der Waals surface area contributed by atoms with Crippen molar-refractivity contribution in [3.63, 3.8) is 0 Å². The van der Waals surface area contributed by atoms with Crippen LogP contribution in [0.4, 0.5) is 4.39 Å². The number of rotatable bonds is 5. The maximum atomic E-state index is 13.3. The summed E-state index contributed by atoms with van der Waals surface area (Å²) in [7, 11) is 0. The highest BCUT2D eigenvalue weighted by Gasteiger charge is 2.55. The van der Waals surface area contributed by atoms with Crippen molar-refractivity contribution in [2.45, 2.75) is 50.9 Å². The van der Waals surface area contributed by atoms with Gasteiger partial charge in [-0.1, -0.05) is 10.8 Å². The molecular weight excluding hydrogens is 375 g/mol. The Labute approximate surface area is 168 Å². The van der Waals surface area contributed by atoms with Crippen molar-refractivity contribution in [2.75, 3.05) is 0 Å². The van der Waals surface area contributed by atoms with Gasteiger partial charge in [-0.2, -0.15) is 0 Å². The molecule has 0 saturated heterocycles. The first kappa shape index (κ1) is 19.4. The lowest BCUT2D eigenvalue weighted by molar-refractivity contribution is 0.249. The number of aromatic nitrogens is 1. The quantitative estimate of drug-likeness (QED) is 0.527. The second kappa shape index (κ2) is 7.48. The van der Waals surface area contributed by atoms with Gasteiger partial charge in [0.05, 0.1) is 11.9 Å². The molecule has 1 heterocycles. The Bertz CT molecular complexity index is 869. The van der Waals surface area contributed by atoms with Gasteiger partial charge in [0, 0.05) is 29.0 Å². The highest BCUT2D eigenvalue weighted by molar-refractivity contribution is 7.91. The SMILES string of the molecule is CC(C)(C)[S+]([O-])N=Cc1cc(OC2[C@H]3CCC[C@@H]23)nc(-c2ccc(F)cc2)c1. The van der Waals surface area contributed by atoms with Crippen molar-refractivity contribution in [3.8, 4) is 17.1 Å². The minimum atomic E-state index is -1.34. The van der Waals surface area contributed by atoms with Crippen molar-refractivity contribution >= 4 is 17.6 Å². The molecule has 2 aliphatic carbocycles. The smallest absolute Gasteiger partial charge is 0.214 e. The monoisotopic (exact) mass is 400 g/mol. The first-order chi connectivity index (χ1) is 13.3. The number of hydrogen-bond acceptors (Lipinski definition) is 4. The van der Waals surface area contributed by atoms with Crippen LogP contribution in [0.15, 0.2) is 40.8 Å². The Morgan fingerprint density at radius 2 is 1.86 bits per heavy atom. The second-order valence-electron chi connectivity index (χ2n) is 8.57. The molecule has 0 spiro atoms. The van der Waals surface area contributed by atoms with E-state index in [1.807, 2.05) is 32.9 Å². The molecule has 0 N–H and O–H groups in total. The zero-order chi connectivity index (χ0) is 19.9. The molecule has 6 heteroatoms. The van der Waals surface area contributed by atoms with Crippen LogP contribution in [0.1, 0.15) is 45.6 Å². The molecule has 2 aliphatic rings. The normalized spacial score (nSPS) is 25.0. The molecule has 0 radical (unpaired) electrons. The number of halogens is 1. The minimum absolute atomic E-state index is 0.248. The third-order valence-corrected chi connectivity index (χ3v) is 6.71. The number of fused-ring (bicyclic) bond motifs is 1. The maximum Gasteiger partial charge on any atom is 0.214 e. The summed E-state index contributed by atoms with van der Waals surface area (Å²) in [6.45, 7) is 5.66. The van der Waals surface area contributed by atoms with Gasteiger partial charge in [-0.05, 0) is 63.9 Å². The average Bonchev–Trinajstić information content (AvgIpc) is 3.07. The van der Waals surface area contributed by atoms with Crippen LogP contribution in [0, 0.1) is 17.7 Å². The Balaban J connectivity index is 1.62. The Kier molecular flexibility index (Phi) is 5.19. The van der Waals surface area contributed by atoms with Crippen LogP contribution < -0.4 is 4.74 Å². The van der Waals surface area contributed by atoms with Crippen molar-refractivity contribution < 1.29 is 13.7 Å². The summed E-state index contributed by atoms with van der Waals surface area (Å²) in [6.07, 6.45) is 5.60. The van der Waals surface area contributed by atoms with Gasteiger partial charge in [-0.15, -0.1) is 0 Å². The zero-order valence-electron chi connectivity index (χ0n) is 16.4. The summed E-state index contributed by atoms with van der Waals surface area (Å²) in [5.41, 5.74) is 2.26. The molecule has 0 aliphatic heterocycles. The topological polar surface area (TPSA) is 57.5 Å². The molecular formula is C22H25FN2O2S. The fraction of sp³-hybridized carbons (Fsp3) is 0.455. The molecule has 1 aromatic carbocycles. The summed E-state index contributed by atoms with van der Waals surface area (Å²) in [4.78, 5) is 4.63. The van der Waals surface area contributed by atoms with E-state index in [2.05, 4.69) is 9.38 Å². The van der Waals surface area contributed by atoms with Gasteiger partial charge in [0.2, 0.25) is 5.88 Å². The van der Waals surface area contributed by atoms with Gasteiger partial charge in [-0.3, -0.25) is 0 Å². The van der Waals surface area contributed by atoms with E-state index in [1.54, 1.807) is 18.3 Å².